The molecule has 0 aromatic heterocycles. The summed E-state index contributed by atoms with van der Waals surface area (Å²) >= 11 is 0. The first-order valence-corrected chi connectivity index (χ1v) is 9.23. The Hall–Kier alpha value is -1.10. The van der Waals surface area contributed by atoms with Crippen molar-refractivity contribution < 1.29 is 14.7 Å². The van der Waals surface area contributed by atoms with E-state index < -0.39 is 17.9 Å². The summed E-state index contributed by atoms with van der Waals surface area (Å²) in [7, 11) is 0. The highest BCUT2D eigenvalue weighted by molar-refractivity contribution is 6.35. The van der Waals surface area contributed by atoms with Crippen LogP contribution in [0.2, 0.25) is 0 Å². The lowest BCUT2D eigenvalue weighted by Gasteiger charge is -2.57. The van der Waals surface area contributed by atoms with E-state index in [1.807, 2.05) is 0 Å². The van der Waals surface area contributed by atoms with E-state index in [4.69, 9.17) is 0 Å². The second-order valence-corrected chi connectivity index (χ2v) is 8.68. The van der Waals surface area contributed by atoms with Gasteiger partial charge >= 0.3 is 11.8 Å². The molecule has 128 valence electrons. The Balaban J connectivity index is 1.46. The standard InChI is InChI=1S/C18H28N2O3/c1-11(21)15-10-19-16(22)17(23)20(15)3-2-18-7-12-4-13(8-18)6-14(5-12)9-18/h11-15,21H,2-10H2,1H3,(H,19,22)/t11?,12?,13?,14?,15-,18?/m1/s1. The van der Waals surface area contributed by atoms with E-state index in [2.05, 4.69) is 5.32 Å². The molecule has 2 amide bonds. The molecule has 1 saturated heterocycles. The smallest absolute Gasteiger partial charge is 0.312 e. The van der Waals surface area contributed by atoms with Crippen LogP contribution in [-0.2, 0) is 9.59 Å². The third kappa shape index (κ3) is 2.67. The van der Waals surface area contributed by atoms with E-state index in [0.29, 0.717) is 18.5 Å². The van der Waals surface area contributed by atoms with Gasteiger partial charge in [-0.2, -0.15) is 0 Å². The number of nitrogens with zero attached hydrogens (tertiary/aromatic N) is 1. The number of carbonyl (C=O) groups is 2. The van der Waals surface area contributed by atoms with E-state index >= 15 is 0 Å². The maximum Gasteiger partial charge on any atom is 0.312 e. The van der Waals surface area contributed by atoms with E-state index in [9.17, 15) is 14.7 Å². The van der Waals surface area contributed by atoms with Crippen molar-refractivity contribution in [1.29, 1.82) is 0 Å². The van der Waals surface area contributed by atoms with Crippen molar-refractivity contribution in [3.63, 3.8) is 0 Å². The van der Waals surface area contributed by atoms with Crippen molar-refractivity contribution in [1.82, 2.24) is 10.2 Å². The first-order chi connectivity index (χ1) is 11.0. The predicted molar refractivity (Wildman–Crippen MR) is 85.4 cm³/mol. The second-order valence-electron chi connectivity index (χ2n) is 8.68. The lowest BCUT2D eigenvalue weighted by Crippen LogP contribution is -2.62. The van der Waals surface area contributed by atoms with E-state index in [0.717, 1.165) is 24.2 Å². The molecule has 4 bridgehead atoms. The summed E-state index contributed by atoms with van der Waals surface area (Å²) in [5.74, 6) is 1.71. The maximum atomic E-state index is 12.3. The molecule has 1 unspecified atom stereocenters. The molecular formula is C18H28N2O3. The van der Waals surface area contributed by atoms with Gasteiger partial charge in [0.25, 0.3) is 0 Å². The van der Waals surface area contributed by atoms with Gasteiger partial charge in [-0.3, -0.25) is 9.59 Å². The van der Waals surface area contributed by atoms with Crippen LogP contribution in [0.25, 0.3) is 0 Å². The Morgan fingerprint density at radius 2 is 1.74 bits per heavy atom. The summed E-state index contributed by atoms with van der Waals surface area (Å²) in [5.41, 5.74) is 0.395. The van der Waals surface area contributed by atoms with Crippen LogP contribution in [0.4, 0.5) is 0 Å². The van der Waals surface area contributed by atoms with Crippen LogP contribution in [0.3, 0.4) is 0 Å². The highest BCUT2D eigenvalue weighted by Crippen LogP contribution is 2.61. The van der Waals surface area contributed by atoms with Gasteiger partial charge in [-0.1, -0.05) is 0 Å². The molecule has 4 aliphatic carbocycles. The second kappa shape index (κ2) is 5.47. The molecule has 4 saturated carbocycles. The Labute approximate surface area is 137 Å². The van der Waals surface area contributed by atoms with Crippen molar-refractivity contribution in [3.05, 3.63) is 0 Å². The number of amides is 2. The quantitative estimate of drug-likeness (QED) is 0.767. The Morgan fingerprint density at radius 1 is 1.17 bits per heavy atom. The maximum absolute atomic E-state index is 12.3. The molecule has 1 aliphatic heterocycles. The SMILES string of the molecule is CC(O)[C@H]1CNC(=O)C(=O)N1CCC12CC3CC(CC(C3)C1)C2. The molecule has 5 nitrogen and oxygen atoms in total. The number of carbonyl (C=O) groups excluding carboxylic acids is 2. The minimum Gasteiger partial charge on any atom is -0.391 e. The Morgan fingerprint density at radius 3 is 2.26 bits per heavy atom. The fraction of sp³-hybridized carbons (Fsp3) is 0.889. The molecule has 5 heteroatoms. The molecule has 1 heterocycles. The minimum atomic E-state index is -0.615. The van der Waals surface area contributed by atoms with Crippen molar-refractivity contribution >= 4 is 11.8 Å². The third-order valence-electron chi connectivity index (χ3n) is 6.93. The summed E-state index contributed by atoms with van der Waals surface area (Å²) in [4.78, 5) is 25.6. The van der Waals surface area contributed by atoms with E-state index in [1.54, 1.807) is 11.8 Å². The molecule has 0 aromatic carbocycles. The number of aliphatic hydroxyl groups is 1. The molecule has 0 radical (unpaired) electrons. The molecule has 5 rings (SSSR count). The van der Waals surface area contributed by atoms with E-state index in [-0.39, 0.29) is 6.04 Å². The zero-order chi connectivity index (χ0) is 16.2. The highest BCUT2D eigenvalue weighted by Gasteiger charge is 2.51. The first-order valence-electron chi connectivity index (χ1n) is 9.23. The van der Waals surface area contributed by atoms with Crippen molar-refractivity contribution in [2.24, 2.45) is 23.2 Å². The monoisotopic (exact) mass is 320 g/mol. The van der Waals surface area contributed by atoms with Gasteiger partial charge in [-0.15, -0.1) is 0 Å². The van der Waals surface area contributed by atoms with Gasteiger partial charge in [0.05, 0.1) is 12.1 Å². The summed E-state index contributed by atoms with van der Waals surface area (Å²) in [6.07, 6.45) is 8.57. The normalized spacial score (nSPS) is 43.7. The molecule has 23 heavy (non-hydrogen) atoms. The van der Waals surface area contributed by atoms with Crippen LogP contribution >= 0.6 is 0 Å². The van der Waals surface area contributed by atoms with Gasteiger partial charge < -0.3 is 15.3 Å². The molecular weight excluding hydrogens is 292 g/mol. The summed E-state index contributed by atoms with van der Waals surface area (Å²) in [6, 6.07) is -0.283. The number of hydrogen-bond donors (Lipinski definition) is 2. The van der Waals surface area contributed by atoms with Gasteiger partial charge in [0.1, 0.15) is 0 Å². The molecule has 0 spiro atoms. The molecule has 5 fully saturated rings. The van der Waals surface area contributed by atoms with Crippen LogP contribution in [0, 0.1) is 23.2 Å². The van der Waals surface area contributed by atoms with E-state index in [1.165, 1.54) is 38.5 Å². The fourth-order valence-corrected chi connectivity index (χ4v) is 6.32. The summed E-state index contributed by atoms with van der Waals surface area (Å²) in [6.45, 7) is 2.68. The summed E-state index contributed by atoms with van der Waals surface area (Å²) in [5, 5.41) is 12.6. The third-order valence-corrected chi connectivity index (χ3v) is 6.93. The lowest BCUT2D eigenvalue weighted by atomic mass is 9.49. The number of hydrogen-bond acceptors (Lipinski definition) is 3. The van der Waals surface area contributed by atoms with Crippen LogP contribution < -0.4 is 5.32 Å². The molecule has 5 aliphatic rings. The highest BCUT2D eigenvalue weighted by atomic mass is 16.3. The average Bonchev–Trinajstić information content (AvgIpc) is 2.47. The zero-order valence-corrected chi connectivity index (χ0v) is 14.0. The van der Waals surface area contributed by atoms with Crippen LogP contribution in [0.1, 0.15) is 51.9 Å². The van der Waals surface area contributed by atoms with Crippen molar-refractivity contribution in [2.45, 2.75) is 64.0 Å². The largest absolute Gasteiger partial charge is 0.391 e. The predicted octanol–water partition coefficient (Wildman–Crippen LogP) is 1.30. The zero-order valence-electron chi connectivity index (χ0n) is 14.0. The number of rotatable bonds is 4. The van der Waals surface area contributed by atoms with Gasteiger partial charge in [-0.25, -0.2) is 0 Å². The Bertz CT molecular complexity index is 481. The molecule has 2 N–H and O–H groups in total. The van der Waals surface area contributed by atoms with Crippen molar-refractivity contribution in [3.8, 4) is 0 Å². The molecule has 2 atom stereocenters. The van der Waals surface area contributed by atoms with Gasteiger partial charge in [0.2, 0.25) is 0 Å². The molecule has 0 aromatic rings. The lowest BCUT2D eigenvalue weighted by molar-refractivity contribution is -0.153. The first kappa shape index (κ1) is 15.4. The fourth-order valence-electron chi connectivity index (χ4n) is 6.32. The Kier molecular flexibility index (Phi) is 3.67. The van der Waals surface area contributed by atoms with Crippen LogP contribution in [0.15, 0.2) is 0 Å². The summed E-state index contributed by atoms with van der Waals surface area (Å²) < 4.78 is 0. The van der Waals surface area contributed by atoms with Gasteiger partial charge in [0, 0.05) is 13.1 Å². The van der Waals surface area contributed by atoms with Crippen LogP contribution in [-0.4, -0.2) is 47.1 Å². The number of nitrogens with one attached hydrogen (secondary N) is 1. The topological polar surface area (TPSA) is 69.6 Å². The number of piperazine rings is 1. The average molecular weight is 320 g/mol. The van der Waals surface area contributed by atoms with Gasteiger partial charge in [-0.05, 0) is 75.0 Å². The minimum absolute atomic E-state index is 0.283. The van der Waals surface area contributed by atoms with Gasteiger partial charge in [0.15, 0.2) is 0 Å². The van der Waals surface area contributed by atoms with Crippen molar-refractivity contribution in [2.75, 3.05) is 13.1 Å². The van der Waals surface area contributed by atoms with Crippen LogP contribution in [0.5, 0.6) is 0 Å². The number of aliphatic hydroxyl groups excluding tert-OH is 1.